The van der Waals surface area contributed by atoms with Crippen LogP contribution >= 0.6 is 23.2 Å². The van der Waals surface area contributed by atoms with Crippen LogP contribution in [0.4, 0.5) is 0 Å². The van der Waals surface area contributed by atoms with Crippen LogP contribution < -0.4 is 0 Å². The van der Waals surface area contributed by atoms with E-state index in [0.29, 0.717) is 16.6 Å². The molecule has 0 unspecified atom stereocenters. The molecule has 0 bridgehead atoms. The van der Waals surface area contributed by atoms with Crippen LogP contribution in [0, 0.1) is 11.8 Å². The Hall–Kier alpha value is -0.970. The van der Waals surface area contributed by atoms with Gasteiger partial charge in [-0.3, -0.25) is 4.99 Å². The summed E-state index contributed by atoms with van der Waals surface area (Å²) in [6, 6.07) is 5.33. The third-order valence-electron chi connectivity index (χ3n) is 1.86. The van der Waals surface area contributed by atoms with E-state index in [-0.39, 0.29) is 0 Å². The van der Waals surface area contributed by atoms with Gasteiger partial charge in [0, 0.05) is 23.2 Å². The van der Waals surface area contributed by atoms with E-state index in [1.54, 1.807) is 18.3 Å². The molecule has 0 aliphatic carbocycles. The van der Waals surface area contributed by atoms with Crippen LogP contribution in [0.25, 0.3) is 0 Å². The first-order chi connectivity index (χ1) is 7.74. The van der Waals surface area contributed by atoms with Gasteiger partial charge in [-0.15, -0.1) is 5.92 Å². The average Bonchev–Trinajstić information content (AvgIpc) is 2.26. The molecule has 84 valence electrons. The van der Waals surface area contributed by atoms with E-state index in [1.165, 1.54) is 0 Å². The molecule has 0 saturated heterocycles. The Labute approximate surface area is 106 Å². The maximum Gasteiger partial charge on any atom is 0.0997 e. The molecule has 0 aliphatic rings. The highest BCUT2D eigenvalue weighted by Crippen LogP contribution is 2.19. The van der Waals surface area contributed by atoms with Gasteiger partial charge in [-0.1, -0.05) is 42.1 Å². The zero-order chi connectivity index (χ0) is 11.8. The molecule has 0 radical (unpaired) electrons. The second-order valence-electron chi connectivity index (χ2n) is 3.24. The van der Waals surface area contributed by atoms with Gasteiger partial charge >= 0.3 is 0 Å². The van der Waals surface area contributed by atoms with Gasteiger partial charge < -0.3 is 0 Å². The highest BCUT2D eigenvalue weighted by molar-refractivity contribution is 6.36. The van der Waals surface area contributed by atoms with Gasteiger partial charge in [0.25, 0.3) is 0 Å². The number of halogens is 2. The van der Waals surface area contributed by atoms with Gasteiger partial charge in [-0.25, -0.2) is 0 Å². The van der Waals surface area contributed by atoms with E-state index in [2.05, 4.69) is 23.8 Å². The van der Waals surface area contributed by atoms with Gasteiger partial charge in [-0.2, -0.15) is 0 Å². The molecule has 1 aromatic carbocycles. The normalized spacial score (nSPS) is 10.2. The Morgan fingerprint density at radius 1 is 1.31 bits per heavy atom. The predicted molar refractivity (Wildman–Crippen MR) is 71.6 cm³/mol. The Balaban J connectivity index is 2.54. The molecule has 3 heteroatoms. The average molecular weight is 254 g/mol. The highest BCUT2D eigenvalue weighted by atomic mass is 35.5. The number of hydrogen-bond acceptors (Lipinski definition) is 1. The molecule has 0 amide bonds. The SMILES string of the molecule is CCCC#CCN=Cc1ccc(Cl)cc1Cl. The van der Waals surface area contributed by atoms with Crippen molar-refractivity contribution < 1.29 is 0 Å². The first-order valence-corrected chi connectivity index (χ1v) is 5.90. The van der Waals surface area contributed by atoms with E-state index in [1.807, 2.05) is 6.07 Å². The van der Waals surface area contributed by atoms with Gasteiger partial charge in [0.15, 0.2) is 0 Å². The van der Waals surface area contributed by atoms with Crippen molar-refractivity contribution in [2.45, 2.75) is 19.8 Å². The van der Waals surface area contributed by atoms with E-state index in [4.69, 9.17) is 23.2 Å². The molecule has 0 N–H and O–H groups in total. The van der Waals surface area contributed by atoms with Crippen molar-refractivity contribution in [1.82, 2.24) is 0 Å². The lowest BCUT2D eigenvalue weighted by atomic mass is 10.2. The first-order valence-electron chi connectivity index (χ1n) is 5.14. The minimum atomic E-state index is 0.513. The van der Waals surface area contributed by atoms with E-state index < -0.39 is 0 Å². The second kappa shape index (κ2) is 7.33. The zero-order valence-corrected chi connectivity index (χ0v) is 10.6. The van der Waals surface area contributed by atoms with Crippen LogP contribution in [0.15, 0.2) is 23.2 Å². The van der Waals surface area contributed by atoms with Gasteiger partial charge in [0.1, 0.15) is 0 Å². The third kappa shape index (κ3) is 4.70. The molecule has 1 aromatic rings. The number of unbranched alkanes of at least 4 members (excludes halogenated alkanes) is 1. The predicted octanol–water partition coefficient (Wildman–Crippen LogP) is 4.22. The van der Waals surface area contributed by atoms with Crippen LogP contribution in [0.2, 0.25) is 10.0 Å². The lowest BCUT2D eigenvalue weighted by molar-refractivity contribution is 0.982. The van der Waals surface area contributed by atoms with E-state index in [9.17, 15) is 0 Å². The fourth-order valence-corrected chi connectivity index (χ4v) is 1.52. The molecule has 1 nitrogen and oxygen atoms in total. The van der Waals surface area contributed by atoms with Crippen molar-refractivity contribution in [1.29, 1.82) is 0 Å². The van der Waals surface area contributed by atoms with Crippen molar-refractivity contribution in [3.63, 3.8) is 0 Å². The van der Waals surface area contributed by atoms with Crippen LogP contribution in [0.3, 0.4) is 0 Å². The number of benzene rings is 1. The third-order valence-corrected chi connectivity index (χ3v) is 2.43. The summed E-state index contributed by atoms with van der Waals surface area (Å²) in [5.41, 5.74) is 0.864. The largest absolute Gasteiger partial charge is 0.280 e. The first kappa shape index (κ1) is 13.1. The molecular formula is C13H13Cl2N. The fourth-order valence-electron chi connectivity index (χ4n) is 1.07. The van der Waals surface area contributed by atoms with E-state index in [0.717, 1.165) is 18.4 Å². The summed E-state index contributed by atoms with van der Waals surface area (Å²) in [5, 5.41) is 1.24. The lowest BCUT2D eigenvalue weighted by Gasteiger charge is -1.96. The van der Waals surface area contributed by atoms with Crippen LogP contribution in [-0.4, -0.2) is 12.8 Å². The van der Waals surface area contributed by atoms with Crippen LogP contribution in [0.1, 0.15) is 25.3 Å². The van der Waals surface area contributed by atoms with E-state index >= 15 is 0 Å². The Morgan fingerprint density at radius 3 is 2.81 bits per heavy atom. The molecule has 0 aromatic heterocycles. The summed E-state index contributed by atoms with van der Waals surface area (Å²) < 4.78 is 0. The van der Waals surface area contributed by atoms with Crippen molar-refractivity contribution in [3.8, 4) is 11.8 Å². The summed E-state index contributed by atoms with van der Waals surface area (Å²) >= 11 is 11.8. The molecule has 0 aliphatic heterocycles. The van der Waals surface area contributed by atoms with Crippen molar-refractivity contribution in [2.75, 3.05) is 6.54 Å². The molecule has 16 heavy (non-hydrogen) atoms. The maximum atomic E-state index is 5.98. The minimum Gasteiger partial charge on any atom is -0.280 e. The molecule has 0 heterocycles. The van der Waals surface area contributed by atoms with Crippen LogP contribution in [0.5, 0.6) is 0 Å². The molecule has 0 fully saturated rings. The summed E-state index contributed by atoms with van der Waals surface area (Å²) in [6.07, 6.45) is 3.73. The molecule has 1 rings (SSSR count). The number of nitrogens with zero attached hydrogens (tertiary/aromatic N) is 1. The van der Waals surface area contributed by atoms with Crippen molar-refractivity contribution in [3.05, 3.63) is 33.8 Å². The summed E-state index contributed by atoms with van der Waals surface area (Å²) in [4.78, 5) is 4.18. The Kier molecular flexibility index (Phi) is 6.00. The van der Waals surface area contributed by atoms with Gasteiger partial charge in [0.05, 0.1) is 11.6 Å². The number of rotatable bonds is 3. The highest BCUT2D eigenvalue weighted by Gasteiger charge is 1.96. The minimum absolute atomic E-state index is 0.513. The smallest absolute Gasteiger partial charge is 0.0997 e. The summed E-state index contributed by atoms with van der Waals surface area (Å²) in [6.45, 7) is 2.62. The lowest BCUT2D eigenvalue weighted by Crippen LogP contribution is -1.84. The molecule has 0 saturated carbocycles. The molecular weight excluding hydrogens is 241 g/mol. The zero-order valence-electron chi connectivity index (χ0n) is 9.13. The van der Waals surface area contributed by atoms with Gasteiger partial charge in [0.2, 0.25) is 0 Å². The van der Waals surface area contributed by atoms with Crippen molar-refractivity contribution in [2.24, 2.45) is 4.99 Å². The summed E-state index contributed by atoms with van der Waals surface area (Å²) in [5.74, 6) is 6.00. The molecule has 0 atom stereocenters. The second-order valence-corrected chi connectivity index (χ2v) is 4.08. The van der Waals surface area contributed by atoms with Gasteiger partial charge in [-0.05, 0) is 18.6 Å². The van der Waals surface area contributed by atoms with Crippen molar-refractivity contribution >= 4 is 29.4 Å². The van der Waals surface area contributed by atoms with Crippen LogP contribution in [-0.2, 0) is 0 Å². The monoisotopic (exact) mass is 253 g/mol. The fraction of sp³-hybridized carbons (Fsp3) is 0.308. The number of aliphatic imine (C=N–C) groups is 1. The molecule has 0 spiro atoms. The Morgan fingerprint density at radius 2 is 2.12 bits per heavy atom. The number of hydrogen-bond donors (Lipinski definition) is 0. The Bertz CT molecular complexity index is 427. The standard InChI is InChI=1S/C13H13Cl2N/c1-2-3-4-5-8-16-10-11-6-7-12(14)9-13(11)15/h6-7,9-10H,2-3,8H2,1H3. The maximum absolute atomic E-state index is 5.98. The summed E-state index contributed by atoms with van der Waals surface area (Å²) in [7, 11) is 0. The quantitative estimate of drug-likeness (QED) is 0.565. The topological polar surface area (TPSA) is 12.4 Å².